The monoisotopic (exact) mass is 336 g/mol. The molecular formula is C17H25FN4O2. The van der Waals surface area contributed by atoms with Crippen LogP contribution in [0.25, 0.3) is 0 Å². The van der Waals surface area contributed by atoms with Gasteiger partial charge in [0.05, 0.1) is 11.3 Å². The first-order chi connectivity index (χ1) is 11.6. The van der Waals surface area contributed by atoms with Crippen LogP contribution in [-0.4, -0.2) is 49.6 Å². The summed E-state index contributed by atoms with van der Waals surface area (Å²) in [6, 6.07) is 3.72. The van der Waals surface area contributed by atoms with Crippen molar-refractivity contribution in [3.05, 3.63) is 29.6 Å². The number of anilines is 1. The molecule has 3 N–H and O–H groups in total. The molecule has 0 saturated carbocycles. The third-order valence-electron chi connectivity index (χ3n) is 3.99. The number of hydrogen-bond acceptors (Lipinski definition) is 3. The third-order valence-corrected chi connectivity index (χ3v) is 3.99. The van der Waals surface area contributed by atoms with Crippen LogP contribution in [-0.2, 0) is 0 Å². The summed E-state index contributed by atoms with van der Waals surface area (Å²) in [5, 5.41) is 7.81. The second-order valence-electron chi connectivity index (χ2n) is 5.81. The van der Waals surface area contributed by atoms with Crippen molar-refractivity contribution in [2.45, 2.75) is 26.2 Å². The summed E-state index contributed by atoms with van der Waals surface area (Å²) in [6.07, 6.45) is 3.62. The number of amides is 3. The normalized spacial score (nSPS) is 14.9. The standard InChI is InChI=1S/C17H25FN4O2/c1-2-19-17(24)21-14-8-6-7-13(18)15(14)16(23)20-9-12-22-10-4-3-5-11-22/h6-8H,2-5,9-12H2,1H3,(H,20,23)(H2,19,21,24). The fourth-order valence-corrected chi connectivity index (χ4v) is 2.79. The van der Waals surface area contributed by atoms with Crippen molar-refractivity contribution in [3.63, 3.8) is 0 Å². The molecule has 1 aromatic carbocycles. The molecule has 3 amide bonds. The van der Waals surface area contributed by atoms with Crippen LogP contribution in [0.2, 0.25) is 0 Å². The molecule has 132 valence electrons. The molecule has 1 aromatic rings. The summed E-state index contributed by atoms with van der Waals surface area (Å²) in [7, 11) is 0. The van der Waals surface area contributed by atoms with E-state index in [0.29, 0.717) is 13.1 Å². The topological polar surface area (TPSA) is 73.5 Å². The average molecular weight is 336 g/mol. The lowest BCUT2D eigenvalue weighted by Gasteiger charge is -2.26. The SMILES string of the molecule is CCNC(=O)Nc1cccc(F)c1C(=O)NCCN1CCCCC1. The Morgan fingerprint density at radius 1 is 1.17 bits per heavy atom. The largest absolute Gasteiger partial charge is 0.351 e. The molecule has 0 aromatic heterocycles. The number of nitrogens with zero attached hydrogens (tertiary/aromatic N) is 1. The average Bonchev–Trinajstić information content (AvgIpc) is 2.56. The van der Waals surface area contributed by atoms with Crippen molar-refractivity contribution in [1.29, 1.82) is 0 Å². The predicted molar refractivity (Wildman–Crippen MR) is 91.7 cm³/mol. The lowest BCUT2D eigenvalue weighted by atomic mass is 10.1. The summed E-state index contributed by atoms with van der Waals surface area (Å²) in [5.74, 6) is -1.17. The van der Waals surface area contributed by atoms with Crippen LogP contribution < -0.4 is 16.0 Å². The molecular weight excluding hydrogens is 311 g/mol. The first kappa shape index (κ1) is 18.2. The minimum absolute atomic E-state index is 0.137. The van der Waals surface area contributed by atoms with Gasteiger partial charge < -0.3 is 20.9 Å². The summed E-state index contributed by atoms with van der Waals surface area (Å²) >= 11 is 0. The van der Waals surface area contributed by atoms with Crippen LogP contribution in [0, 0.1) is 5.82 Å². The molecule has 0 atom stereocenters. The van der Waals surface area contributed by atoms with Crippen molar-refractivity contribution >= 4 is 17.6 Å². The number of rotatable bonds is 6. The molecule has 1 heterocycles. The van der Waals surface area contributed by atoms with Gasteiger partial charge in [-0.1, -0.05) is 12.5 Å². The van der Waals surface area contributed by atoms with Gasteiger partial charge >= 0.3 is 6.03 Å². The number of likely N-dealkylation sites (tertiary alicyclic amines) is 1. The molecule has 0 radical (unpaired) electrons. The van der Waals surface area contributed by atoms with Crippen LogP contribution in [0.15, 0.2) is 18.2 Å². The van der Waals surface area contributed by atoms with E-state index < -0.39 is 17.8 Å². The summed E-state index contributed by atoms with van der Waals surface area (Å²) in [5.41, 5.74) is 0.0267. The quantitative estimate of drug-likeness (QED) is 0.745. The minimum Gasteiger partial charge on any atom is -0.351 e. The van der Waals surface area contributed by atoms with E-state index in [1.807, 2.05) is 0 Å². The Bertz CT molecular complexity index is 574. The van der Waals surface area contributed by atoms with Crippen molar-refractivity contribution in [2.24, 2.45) is 0 Å². The van der Waals surface area contributed by atoms with E-state index in [2.05, 4.69) is 20.9 Å². The Labute approximate surface area is 141 Å². The van der Waals surface area contributed by atoms with E-state index in [9.17, 15) is 14.0 Å². The number of piperidine rings is 1. The maximum absolute atomic E-state index is 14.1. The number of halogens is 1. The first-order valence-corrected chi connectivity index (χ1v) is 8.45. The summed E-state index contributed by atoms with van der Waals surface area (Å²) in [4.78, 5) is 26.3. The molecule has 1 saturated heterocycles. The van der Waals surface area contributed by atoms with Gasteiger partial charge in [-0.15, -0.1) is 0 Å². The van der Waals surface area contributed by atoms with Gasteiger partial charge in [-0.25, -0.2) is 9.18 Å². The molecule has 0 aliphatic carbocycles. The van der Waals surface area contributed by atoms with Gasteiger partial charge in [0.2, 0.25) is 0 Å². The van der Waals surface area contributed by atoms with Gasteiger partial charge in [0, 0.05) is 19.6 Å². The molecule has 1 fully saturated rings. The molecule has 0 spiro atoms. The van der Waals surface area contributed by atoms with Crippen LogP contribution in [0.1, 0.15) is 36.5 Å². The predicted octanol–water partition coefficient (Wildman–Crippen LogP) is 2.18. The molecule has 7 heteroatoms. The smallest absolute Gasteiger partial charge is 0.319 e. The third kappa shape index (κ3) is 5.19. The highest BCUT2D eigenvalue weighted by molar-refractivity contribution is 6.03. The zero-order valence-electron chi connectivity index (χ0n) is 14.0. The zero-order chi connectivity index (χ0) is 17.4. The van der Waals surface area contributed by atoms with Crippen molar-refractivity contribution in [2.75, 3.05) is 38.0 Å². The van der Waals surface area contributed by atoms with E-state index in [-0.39, 0.29) is 11.3 Å². The van der Waals surface area contributed by atoms with Crippen LogP contribution in [0.4, 0.5) is 14.9 Å². The Balaban J connectivity index is 1.95. The molecule has 2 rings (SSSR count). The molecule has 6 nitrogen and oxygen atoms in total. The van der Waals surface area contributed by atoms with E-state index in [0.717, 1.165) is 19.6 Å². The molecule has 1 aliphatic rings. The van der Waals surface area contributed by atoms with Gasteiger partial charge in [-0.2, -0.15) is 0 Å². The highest BCUT2D eigenvalue weighted by Gasteiger charge is 2.18. The van der Waals surface area contributed by atoms with Crippen molar-refractivity contribution in [3.8, 4) is 0 Å². The van der Waals surface area contributed by atoms with Gasteiger partial charge in [0.15, 0.2) is 0 Å². The Hall–Kier alpha value is -2.15. The highest BCUT2D eigenvalue weighted by atomic mass is 19.1. The fourth-order valence-electron chi connectivity index (χ4n) is 2.79. The van der Waals surface area contributed by atoms with E-state index in [1.54, 1.807) is 6.92 Å². The zero-order valence-corrected chi connectivity index (χ0v) is 14.0. The lowest BCUT2D eigenvalue weighted by molar-refractivity contribution is 0.0943. The number of carbonyl (C=O) groups excluding carboxylic acids is 2. The Morgan fingerprint density at radius 2 is 1.92 bits per heavy atom. The lowest BCUT2D eigenvalue weighted by Crippen LogP contribution is -2.38. The van der Waals surface area contributed by atoms with Crippen LogP contribution in [0.5, 0.6) is 0 Å². The second kappa shape index (κ2) is 9.22. The fraction of sp³-hybridized carbons (Fsp3) is 0.529. The van der Waals surface area contributed by atoms with Crippen LogP contribution in [0.3, 0.4) is 0 Å². The molecule has 1 aliphatic heterocycles. The number of hydrogen-bond donors (Lipinski definition) is 3. The van der Waals surface area contributed by atoms with Crippen LogP contribution >= 0.6 is 0 Å². The molecule has 24 heavy (non-hydrogen) atoms. The maximum Gasteiger partial charge on any atom is 0.319 e. The first-order valence-electron chi connectivity index (χ1n) is 8.45. The number of urea groups is 1. The maximum atomic E-state index is 14.1. The van der Waals surface area contributed by atoms with Crippen molar-refractivity contribution in [1.82, 2.24) is 15.5 Å². The Kier molecular flexibility index (Phi) is 6.99. The second-order valence-corrected chi connectivity index (χ2v) is 5.81. The number of nitrogens with one attached hydrogen (secondary N) is 3. The van der Waals surface area contributed by atoms with E-state index >= 15 is 0 Å². The number of benzene rings is 1. The van der Waals surface area contributed by atoms with Gasteiger partial charge in [0.25, 0.3) is 5.91 Å². The molecule has 0 bridgehead atoms. The summed E-state index contributed by atoms with van der Waals surface area (Å²) < 4.78 is 14.1. The van der Waals surface area contributed by atoms with Gasteiger partial charge in [-0.3, -0.25) is 4.79 Å². The minimum atomic E-state index is -0.653. The Morgan fingerprint density at radius 3 is 2.62 bits per heavy atom. The molecule has 0 unspecified atom stereocenters. The van der Waals surface area contributed by atoms with E-state index in [1.165, 1.54) is 37.5 Å². The highest BCUT2D eigenvalue weighted by Crippen LogP contribution is 2.19. The summed E-state index contributed by atoms with van der Waals surface area (Å²) in [6.45, 7) is 5.50. The van der Waals surface area contributed by atoms with E-state index in [4.69, 9.17) is 0 Å². The van der Waals surface area contributed by atoms with Crippen molar-refractivity contribution < 1.29 is 14.0 Å². The number of carbonyl (C=O) groups is 2. The van der Waals surface area contributed by atoms with Gasteiger partial charge in [0.1, 0.15) is 5.82 Å². The van der Waals surface area contributed by atoms with Gasteiger partial charge in [-0.05, 0) is 45.0 Å².